The summed E-state index contributed by atoms with van der Waals surface area (Å²) in [4.78, 5) is 10.6. The standard InChI is InChI=1S/C13H16BrNO4/c1-7-8(10(15)2-3-11(16)17)6-9(14)13-12(7)18-4-5-19-13/h6,10H,2-5,15H2,1H3,(H,16,17). The molecule has 1 aliphatic heterocycles. The molecule has 1 unspecified atom stereocenters. The number of fused-ring (bicyclic) bond motifs is 1. The average molecular weight is 330 g/mol. The molecule has 19 heavy (non-hydrogen) atoms. The van der Waals surface area contributed by atoms with E-state index in [0.717, 1.165) is 15.6 Å². The zero-order chi connectivity index (χ0) is 14.0. The van der Waals surface area contributed by atoms with E-state index >= 15 is 0 Å². The number of carboxylic acids is 1. The second kappa shape index (κ2) is 5.79. The topological polar surface area (TPSA) is 81.8 Å². The van der Waals surface area contributed by atoms with Crippen LogP contribution >= 0.6 is 15.9 Å². The molecule has 1 aromatic rings. The molecule has 0 spiro atoms. The maximum atomic E-state index is 10.6. The Morgan fingerprint density at radius 1 is 1.47 bits per heavy atom. The van der Waals surface area contributed by atoms with Gasteiger partial charge < -0.3 is 20.3 Å². The molecule has 1 aliphatic rings. The minimum absolute atomic E-state index is 0.0483. The number of ether oxygens (including phenoxy) is 2. The third-order valence-corrected chi connectivity index (χ3v) is 3.71. The van der Waals surface area contributed by atoms with Crippen LogP contribution in [0.4, 0.5) is 0 Å². The van der Waals surface area contributed by atoms with Crippen LogP contribution < -0.4 is 15.2 Å². The van der Waals surface area contributed by atoms with Crippen molar-refractivity contribution in [3.63, 3.8) is 0 Å². The fraction of sp³-hybridized carbons (Fsp3) is 0.462. The highest BCUT2D eigenvalue weighted by molar-refractivity contribution is 9.10. The van der Waals surface area contributed by atoms with Gasteiger partial charge in [0.25, 0.3) is 0 Å². The van der Waals surface area contributed by atoms with Gasteiger partial charge in [-0.05, 0) is 46.5 Å². The van der Waals surface area contributed by atoms with Crippen molar-refractivity contribution in [2.24, 2.45) is 5.73 Å². The molecule has 1 atom stereocenters. The predicted molar refractivity (Wildman–Crippen MR) is 73.7 cm³/mol. The van der Waals surface area contributed by atoms with Gasteiger partial charge in [0.2, 0.25) is 0 Å². The molecule has 6 heteroatoms. The van der Waals surface area contributed by atoms with Gasteiger partial charge in [-0.1, -0.05) is 0 Å². The number of carboxylic acid groups (broad SMARTS) is 1. The maximum Gasteiger partial charge on any atom is 0.303 e. The monoisotopic (exact) mass is 329 g/mol. The fourth-order valence-corrected chi connectivity index (χ4v) is 2.68. The lowest BCUT2D eigenvalue weighted by atomic mass is 9.97. The number of nitrogens with two attached hydrogens (primary N) is 1. The van der Waals surface area contributed by atoms with Gasteiger partial charge in [-0.25, -0.2) is 0 Å². The molecule has 1 aromatic carbocycles. The SMILES string of the molecule is Cc1c(C(N)CCC(=O)O)cc(Br)c2c1OCCO2. The number of halogens is 1. The zero-order valence-corrected chi connectivity index (χ0v) is 12.2. The molecule has 0 fully saturated rings. The molecule has 0 radical (unpaired) electrons. The Balaban J connectivity index is 2.31. The lowest BCUT2D eigenvalue weighted by Crippen LogP contribution is -2.19. The lowest BCUT2D eigenvalue weighted by Gasteiger charge is -2.25. The third kappa shape index (κ3) is 3.01. The maximum absolute atomic E-state index is 10.6. The van der Waals surface area contributed by atoms with Crippen molar-refractivity contribution in [3.8, 4) is 11.5 Å². The van der Waals surface area contributed by atoms with E-state index in [2.05, 4.69) is 15.9 Å². The van der Waals surface area contributed by atoms with Gasteiger partial charge in [0.15, 0.2) is 11.5 Å². The molecule has 0 aromatic heterocycles. The van der Waals surface area contributed by atoms with Crippen LogP contribution in [0.5, 0.6) is 11.5 Å². The summed E-state index contributed by atoms with van der Waals surface area (Å²) < 4.78 is 12.0. The van der Waals surface area contributed by atoms with E-state index in [9.17, 15) is 4.79 Å². The molecule has 2 rings (SSSR count). The number of benzene rings is 1. The van der Waals surface area contributed by atoms with E-state index in [1.807, 2.05) is 13.0 Å². The second-order valence-corrected chi connectivity index (χ2v) is 5.32. The van der Waals surface area contributed by atoms with Crippen molar-refractivity contribution in [2.75, 3.05) is 13.2 Å². The molecular formula is C13H16BrNO4. The molecule has 0 aliphatic carbocycles. The minimum atomic E-state index is -0.843. The van der Waals surface area contributed by atoms with Gasteiger partial charge in [-0.2, -0.15) is 0 Å². The van der Waals surface area contributed by atoms with Crippen molar-refractivity contribution in [2.45, 2.75) is 25.8 Å². The van der Waals surface area contributed by atoms with Crippen molar-refractivity contribution < 1.29 is 19.4 Å². The van der Waals surface area contributed by atoms with Crippen LogP contribution in [0.25, 0.3) is 0 Å². The summed E-state index contributed by atoms with van der Waals surface area (Å²) >= 11 is 3.44. The smallest absolute Gasteiger partial charge is 0.303 e. The first kappa shape index (κ1) is 14.1. The van der Waals surface area contributed by atoms with Crippen LogP contribution in [-0.4, -0.2) is 24.3 Å². The largest absolute Gasteiger partial charge is 0.486 e. The molecule has 104 valence electrons. The molecule has 1 heterocycles. The number of carbonyl (C=O) groups is 1. The molecule has 0 saturated carbocycles. The molecular weight excluding hydrogens is 314 g/mol. The Kier molecular flexibility index (Phi) is 4.31. The highest BCUT2D eigenvalue weighted by Gasteiger charge is 2.23. The average Bonchev–Trinajstić information content (AvgIpc) is 2.40. The molecule has 0 saturated heterocycles. The van der Waals surface area contributed by atoms with Crippen molar-refractivity contribution in [3.05, 3.63) is 21.7 Å². The summed E-state index contributed by atoms with van der Waals surface area (Å²) in [6.45, 7) is 2.94. The quantitative estimate of drug-likeness (QED) is 0.886. The van der Waals surface area contributed by atoms with Crippen molar-refractivity contribution in [1.29, 1.82) is 0 Å². The van der Waals surface area contributed by atoms with Gasteiger partial charge in [-0.3, -0.25) is 4.79 Å². The number of hydrogen-bond acceptors (Lipinski definition) is 4. The van der Waals surface area contributed by atoms with Crippen LogP contribution in [0.15, 0.2) is 10.5 Å². The van der Waals surface area contributed by atoms with E-state index in [-0.39, 0.29) is 12.5 Å². The molecule has 0 amide bonds. The van der Waals surface area contributed by atoms with E-state index in [4.69, 9.17) is 20.3 Å². The number of hydrogen-bond donors (Lipinski definition) is 2. The highest BCUT2D eigenvalue weighted by atomic mass is 79.9. The van der Waals surface area contributed by atoms with Crippen LogP contribution in [0.2, 0.25) is 0 Å². The summed E-state index contributed by atoms with van der Waals surface area (Å²) in [5.41, 5.74) is 7.86. The van der Waals surface area contributed by atoms with Crippen LogP contribution in [0, 0.1) is 6.92 Å². The van der Waals surface area contributed by atoms with Gasteiger partial charge in [0.1, 0.15) is 13.2 Å². The summed E-state index contributed by atoms with van der Waals surface area (Å²) in [5.74, 6) is 0.545. The second-order valence-electron chi connectivity index (χ2n) is 4.47. The van der Waals surface area contributed by atoms with Crippen LogP contribution in [-0.2, 0) is 4.79 Å². The Bertz CT molecular complexity index is 504. The molecule has 0 bridgehead atoms. The van der Waals surface area contributed by atoms with E-state index in [1.165, 1.54) is 0 Å². The van der Waals surface area contributed by atoms with Gasteiger partial charge in [0, 0.05) is 12.5 Å². The highest BCUT2D eigenvalue weighted by Crippen LogP contribution is 2.43. The van der Waals surface area contributed by atoms with E-state index < -0.39 is 5.97 Å². The van der Waals surface area contributed by atoms with E-state index in [0.29, 0.717) is 31.1 Å². The molecule has 5 nitrogen and oxygen atoms in total. The zero-order valence-electron chi connectivity index (χ0n) is 10.6. The van der Waals surface area contributed by atoms with Gasteiger partial charge >= 0.3 is 5.97 Å². The van der Waals surface area contributed by atoms with Gasteiger partial charge in [0.05, 0.1) is 4.47 Å². The Labute approximate surface area is 119 Å². The normalized spacial score (nSPS) is 15.1. The lowest BCUT2D eigenvalue weighted by molar-refractivity contribution is -0.137. The van der Waals surface area contributed by atoms with Crippen molar-refractivity contribution >= 4 is 21.9 Å². The van der Waals surface area contributed by atoms with Gasteiger partial charge in [-0.15, -0.1) is 0 Å². The van der Waals surface area contributed by atoms with Crippen LogP contribution in [0.3, 0.4) is 0 Å². The first-order valence-electron chi connectivity index (χ1n) is 6.06. The number of aliphatic carboxylic acids is 1. The van der Waals surface area contributed by atoms with Crippen molar-refractivity contribution in [1.82, 2.24) is 0 Å². The predicted octanol–water partition coefficient (Wildman–Crippen LogP) is 2.39. The first-order valence-corrected chi connectivity index (χ1v) is 6.86. The first-order chi connectivity index (χ1) is 9.00. The summed E-state index contributed by atoms with van der Waals surface area (Å²) in [6, 6.07) is 1.55. The van der Waals surface area contributed by atoms with E-state index in [1.54, 1.807) is 0 Å². The molecule has 3 N–H and O–H groups in total. The number of rotatable bonds is 4. The van der Waals surface area contributed by atoms with Crippen LogP contribution in [0.1, 0.15) is 30.0 Å². The minimum Gasteiger partial charge on any atom is -0.486 e. The Hall–Kier alpha value is -1.27. The summed E-state index contributed by atoms with van der Waals surface area (Å²) in [7, 11) is 0. The fourth-order valence-electron chi connectivity index (χ4n) is 2.14. The third-order valence-electron chi connectivity index (χ3n) is 3.12. The summed E-state index contributed by atoms with van der Waals surface area (Å²) in [6.07, 6.45) is 0.439. The summed E-state index contributed by atoms with van der Waals surface area (Å²) in [5, 5.41) is 8.72. The Morgan fingerprint density at radius 3 is 2.74 bits per heavy atom. The Morgan fingerprint density at radius 2 is 2.11 bits per heavy atom.